The molecular formula is C23H20O6. The van der Waals surface area contributed by atoms with Gasteiger partial charge in [0, 0.05) is 5.56 Å². The van der Waals surface area contributed by atoms with Crippen LogP contribution < -0.4 is 9.47 Å². The molecule has 0 aliphatic rings. The summed E-state index contributed by atoms with van der Waals surface area (Å²) in [5.74, 6) is 0.986. The third-order valence-corrected chi connectivity index (χ3v) is 4.09. The molecule has 0 aliphatic heterocycles. The van der Waals surface area contributed by atoms with Gasteiger partial charge in [-0.1, -0.05) is 42.5 Å². The second-order valence-electron chi connectivity index (χ2n) is 6.02. The number of carbonyl (C=O) groups excluding carboxylic acids is 2. The lowest BCUT2D eigenvalue weighted by Crippen LogP contribution is -1.99. The summed E-state index contributed by atoms with van der Waals surface area (Å²) in [5, 5.41) is 0. The number of hydrogen-bond donors (Lipinski definition) is 0. The second-order valence-corrected chi connectivity index (χ2v) is 6.02. The average molecular weight is 392 g/mol. The standard InChI is InChI=1S/C23H20O6/c1-26-22-14-16(8-11-19(24)17-6-4-3-5-7-17)9-12-20(22)28-15-18-10-13-21(29-18)23(25)27-2/h3-14H,15H2,1-2H3/b11-8+. The number of benzene rings is 2. The zero-order valence-corrected chi connectivity index (χ0v) is 16.1. The lowest BCUT2D eigenvalue weighted by atomic mass is 10.1. The minimum atomic E-state index is -0.546. The Balaban J connectivity index is 1.67. The maximum atomic E-state index is 12.2. The molecule has 1 aromatic heterocycles. The molecule has 2 aromatic carbocycles. The third kappa shape index (κ3) is 5.13. The number of hydrogen-bond acceptors (Lipinski definition) is 6. The van der Waals surface area contributed by atoms with E-state index >= 15 is 0 Å². The van der Waals surface area contributed by atoms with Crippen molar-refractivity contribution >= 4 is 17.8 Å². The van der Waals surface area contributed by atoms with Crippen molar-refractivity contribution in [1.29, 1.82) is 0 Å². The molecule has 0 saturated carbocycles. The first-order valence-corrected chi connectivity index (χ1v) is 8.86. The van der Waals surface area contributed by atoms with Crippen molar-refractivity contribution < 1.29 is 28.2 Å². The number of rotatable bonds is 8. The van der Waals surface area contributed by atoms with Crippen LogP contribution in [0, 0.1) is 0 Å². The van der Waals surface area contributed by atoms with E-state index in [1.54, 1.807) is 36.4 Å². The van der Waals surface area contributed by atoms with E-state index in [4.69, 9.17) is 13.9 Å². The molecule has 3 rings (SSSR count). The molecule has 0 amide bonds. The topological polar surface area (TPSA) is 75.0 Å². The molecule has 0 bridgehead atoms. The molecule has 0 unspecified atom stereocenters. The zero-order chi connectivity index (χ0) is 20.6. The van der Waals surface area contributed by atoms with Crippen molar-refractivity contribution in [3.63, 3.8) is 0 Å². The highest BCUT2D eigenvalue weighted by Gasteiger charge is 2.12. The van der Waals surface area contributed by atoms with Crippen molar-refractivity contribution in [3.05, 3.63) is 89.4 Å². The highest BCUT2D eigenvalue weighted by Crippen LogP contribution is 2.29. The normalized spacial score (nSPS) is 10.7. The van der Waals surface area contributed by atoms with E-state index in [-0.39, 0.29) is 18.2 Å². The van der Waals surface area contributed by atoms with Crippen LogP contribution in [0.25, 0.3) is 6.08 Å². The summed E-state index contributed by atoms with van der Waals surface area (Å²) < 4.78 is 21.1. The van der Waals surface area contributed by atoms with Gasteiger partial charge in [-0.3, -0.25) is 4.79 Å². The summed E-state index contributed by atoms with van der Waals surface area (Å²) in [6.45, 7) is 0.120. The molecule has 29 heavy (non-hydrogen) atoms. The Morgan fingerprint density at radius 1 is 0.966 bits per heavy atom. The van der Waals surface area contributed by atoms with Crippen LogP contribution in [0.5, 0.6) is 11.5 Å². The first-order chi connectivity index (χ1) is 14.1. The number of carbonyl (C=O) groups is 2. The molecule has 0 fully saturated rings. The molecule has 6 heteroatoms. The van der Waals surface area contributed by atoms with Gasteiger partial charge < -0.3 is 18.6 Å². The molecule has 6 nitrogen and oxygen atoms in total. The van der Waals surface area contributed by atoms with Crippen molar-refractivity contribution in [2.24, 2.45) is 0 Å². The molecule has 0 atom stereocenters. The number of furan rings is 1. The van der Waals surface area contributed by atoms with Gasteiger partial charge in [0.05, 0.1) is 14.2 Å². The Kier molecular flexibility index (Phi) is 6.47. The van der Waals surface area contributed by atoms with E-state index < -0.39 is 5.97 Å². The van der Waals surface area contributed by atoms with Gasteiger partial charge in [-0.15, -0.1) is 0 Å². The zero-order valence-electron chi connectivity index (χ0n) is 16.1. The number of methoxy groups -OCH3 is 2. The predicted octanol–water partition coefficient (Wildman–Crippen LogP) is 4.55. The van der Waals surface area contributed by atoms with Gasteiger partial charge in [0.15, 0.2) is 17.3 Å². The highest BCUT2D eigenvalue weighted by molar-refractivity contribution is 6.06. The predicted molar refractivity (Wildman–Crippen MR) is 107 cm³/mol. The van der Waals surface area contributed by atoms with Gasteiger partial charge in [0.2, 0.25) is 5.76 Å². The SMILES string of the molecule is COC(=O)c1ccc(COc2ccc(/C=C/C(=O)c3ccccc3)cc2OC)o1. The van der Waals surface area contributed by atoms with E-state index in [1.807, 2.05) is 24.3 Å². The fourth-order valence-electron chi connectivity index (χ4n) is 2.59. The number of ketones is 1. The first kappa shape index (κ1) is 19.9. The fourth-order valence-corrected chi connectivity index (χ4v) is 2.59. The molecule has 1 heterocycles. The fraction of sp³-hybridized carbons (Fsp3) is 0.130. The van der Waals surface area contributed by atoms with Crippen LogP contribution >= 0.6 is 0 Å². The van der Waals surface area contributed by atoms with Crippen molar-refractivity contribution in [3.8, 4) is 11.5 Å². The highest BCUT2D eigenvalue weighted by atomic mass is 16.5. The Morgan fingerprint density at radius 3 is 2.48 bits per heavy atom. The second kappa shape index (κ2) is 9.41. The van der Waals surface area contributed by atoms with Crippen LogP contribution in [0.4, 0.5) is 0 Å². The number of esters is 1. The largest absolute Gasteiger partial charge is 0.493 e. The summed E-state index contributed by atoms with van der Waals surface area (Å²) in [4.78, 5) is 23.6. The number of ether oxygens (including phenoxy) is 3. The van der Waals surface area contributed by atoms with Crippen LogP contribution in [0.15, 0.2) is 71.2 Å². The van der Waals surface area contributed by atoms with E-state index in [9.17, 15) is 9.59 Å². The van der Waals surface area contributed by atoms with Crippen LogP contribution in [-0.4, -0.2) is 26.0 Å². The van der Waals surface area contributed by atoms with Crippen LogP contribution in [0.2, 0.25) is 0 Å². The molecule has 3 aromatic rings. The van der Waals surface area contributed by atoms with Crippen molar-refractivity contribution in [1.82, 2.24) is 0 Å². The van der Waals surface area contributed by atoms with E-state index in [0.717, 1.165) is 5.56 Å². The van der Waals surface area contributed by atoms with Gasteiger partial charge >= 0.3 is 5.97 Å². The van der Waals surface area contributed by atoms with E-state index in [2.05, 4.69) is 4.74 Å². The summed E-state index contributed by atoms with van der Waals surface area (Å²) >= 11 is 0. The van der Waals surface area contributed by atoms with Crippen LogP contribution in [0.3, 0.4) is 0 Å². The Hall–Kier alpha value is -3.80. The Labute approximate surface area is 168 Å². The third-order valence-electron chi connectivity index (χ3n) is 4.09. The van der Waals surface area contributed by atoms with Crippen molar-refractivity contribution in [2.45, 2.75) is 6.61 Å². The van der Waals surface area contributed by atoms with Crippen LogP contribution in [0.1, 0.15) is 32.2 Å². The lowest BCUT2D eigenvalue weighted by Gasteiger charge is -2.10. The molecule has 148 valence electrons. The maximum Gasteiger partial charge on any atom is 0.373 e. The summed E-state index contributed by atoms with van der Waals surface area (Å²) in [5.41, 5.74) is 1.42. The Bertz CT molecular complexity index is 1020. The maximum absolute atomic E-state index is 12.2. The molecule has 0 spiro atoms. The molecule has 0 radical (unpaired) electrons. The van der Waals surface area contributed by atoms with Gasteiger partial charge in [0.1, 0.15) is 12.4 Å². The van der Waals surface area contributed by atoms with Gasteiger partial charge in [-0.2, -0.15) is 0 Å². The molecule has 0 saturated heterocycles. The quantitative estimate of drug-likeness (QED) is 0.318. The molecule has 0 N–H and O–H groups in total. The molecular weight excluding hydrogens is 372 g/mol. The van der Waals surface area contributed by atoms with E-state index in [1.165, 1.54) is 26.4 Å². The minimum Gasteiger partial charge on any atom is -0.493 e. The van der Waals surface area contributed by atoms with Gasteiger partial charge in [-0.05, 0) is 35.9 Å². The number of allylic oxidation sites excluding steroid dienone is 1. The van der Waals surface area contributed by atoms with Crippen LogP contribution in [-0.2, 0) is 11.3 Å². The summed E-state index contributed by atoms with van der Waals surface area (Å²) in [7, 11) is 2.82. The van der Waals surface area contributed by atoms with Crippen molar-refractivity contribution in [2.75, 3.05) is 14.2 Å². The van der Waals surface area contributed by atoms with Gasteiger partial charge in [0.25, 0.3) is 0 Å². The summed E-state index contributed by atoms with van der Waals surface area (Å²) in [6.07, 6.45) is 3.23. The smallest absolute Gasteiger partial charge is 0.373 e. The lowest BCUT2D eigenvalue weighted by molar-refractivity contribution is 0.0560. The first-order valence-electron chi connectivity index (χ1n) is 8.86. The molecule has 0 aliphatic carbocycles. The summed E-state index contributed by atoms with van der Waals surface area (Å²) in [6, 6.07) is 17.5. The Morgan fingerprint density at radius 2 is 1.76 bits per heavy atom. The van der Waals surface area contributed by atoms with Gasteiger partial charge in [-0.25, -0.2) is 4.79 Å². The average Bonchev–Trinajstić information content (AvgIpc) is 3.25. The minimum absolute atomic E-state index is 0.0795. The van der Waals surface area contributed by atoms with E-state index in [0.29, 0.717) is 22.8 Å². The monoisotopic (exact) mass is 392 g/mol.